The first-order valence-electron chi connectivity index (χ1n) is 9.82. The summed E-state index contributed by atoms with van der Waals surface area (Å²) in [5.74, 6) is 1.11. The van der Waals surface area contributed by atoms with Crippen LogP contribution >= 0.6 is 0 Å². The van der Waals surface area contributed by atoms with Crippen LogP contribution in [0, 0.1) is 0 Å². The number of sulfonamides is 1. The molecule has 29 heavy (non-hydrogen) atoms. The topological polar surface area (TPSA) is 66.9 Å². The molecule has 1 amide bonds. The van der Waals surface area contributed by atoms with Crippen molar-refractivity contribution < 1.29 is 17.9 Å². The molecule has 0 radical (unpaired) electrons. The van der Waals surface area contributed by atoms with Gasteiger partial charge in [-0.15, -0.1) is 0 Å². The second kappa shape index (κ2) is 8.97. The molecule has 6 nitrogen and oxygen atoms in total. The minimum Gasteiger partial charge on any atom is -0.497 e. The molecule has 2 aromatic rings. The van der Waals surface area contributed by atoms with Gasteiger partial charge in [0.1, 0.15) is 5.75 Å². The number of rotatable bonds is 6. The van der Waals surface area contributed by atoms with E-state index >= 15 is 0 Å². The molecule has 0 N–H and O–H groups in total. The van der Waals surface area contributed by atoms with Crippen LogP contribution in [0.25, 0.3) is 0 Å². The maximum absolute atomic E-state index is 12.9. The first kappa shape index (κ1) is 21.3. The summed E-state index contributed by atoms with van der Waals surface area (Å²) in [6.07, 6.45) is 0.299. The summed E-state index contributed by atoms with van der Waals surface area (Å²) in [5, 5.41) is 0. The van der Waals surface area contributed by atoms with Crippen LogP contribution in [0.4, 0.5) is 0 Å². The average molecular weight is 417 g/mol. The zero-order chi connectivity index (χ0) is 21.0. The minimum atomic E-state index is -3.54. The number of amides is 1. The lowest BCUT2D eigenvalue weighted by molar-refractivity contribution is -0.131. The number of ether oxygens (including phenoxy) is 1. The van der Waals surface area contributed by atoms with Crippen LogP contribution < -0.4 is 4.74 Å². The number of piperazine rings is 1. The van der Waals surface area contributed by atoms with Gasteiger partial charge in [0.05, 0.1) is 18.4 Å². The summed E-state index contributed by atoms with van der Waals surface area (Å²) in [7, 11) is -1.94. The largest absolute Gasteiger partial charge is 0.497 e. The average Bonchev–Trinajstić information content (AvgIpc) is 2.74. The Bertz CT molecular complexity index is 930. The highest BCUT2D eigenvalue weighted by molar-refractivity contribution is 7.89. The molecule has 3 rings (SSSR count). The van der Waals surface area contributed by atoms with Crippen LogP contribution in [0.2, 0.25) is 0 Å². The molecule has 156 valence electrons. The van der Waals surface area contributed by atoms with Gasteiger partial charge in [-0.05, 0) is 41.3 Å². The van der Waals surface area contributed by atoms with E-state index in [9.17, 15) is 13.2 Å². The Hall–Kier alpha value is -2.38. The van der Waals surface area contributed by atoms with Crippen LogP contribution in [0.3, 0.4) is 0 Å². The van der Waals surface area contributed by atoms with Gasteiger partial charge in [0.25, 0.3) is 0 Å². The van der Waals surface area contributed by atoms with Gasteiger partial charge in [-0.2, -0.15) is 4.31 Å². The third-order valence-electron chi connectivity index (χ3n) is 5.29. The smallest absolute Gasteiger partial charge is 0.243 e. The van der Waals surface area contributed by atoms with Crippen molar-refractivity contribution in [1.29, 1.82) is 0 Å². The van der Waals surface area contributed by atoms with Gasteiger partial charge in [-0.1, -0.05) is 38.1 Å². The van der Waals surface area contributed by atoms with Gasteiger partial charge in [0, 0.05) is 26.2 Å². The van der Waals surface area contributed by atoms with Crippen LogP contribution in [0.5, 0.6) is 5.75 Å². The molecule has 1 fully saturated rings. The fourth-order valence-corrected chi connectivity index (χ4v) is 4.80. The summed E-state index contributed by atoms with van der Waals surface area (Å²) in [6, 6.07) is 14.5. The van der Waals surface area contributed by atoms with E-state index in [0.717, 1.165) is 16.9 Å². The van der Waals surface area contributed by atoms with Gasteiger partial charge in [0.2, 0.25) is 15.9 Å². The van der Waals surface area contributed by atoms with Gasteiger partial charge >= 0.3 is 0 Å². The second-order valence-corrected chi connectivity index (χ2v) is 9.47. The fraction of sp³-hybridized carbons (Fsp3) is 0.409. The van der Waals surface area contributed by atoms with Crippen molar-refractivity contribution in [3.05, 3.63) is 59.7 Å². The van der Waals surface area contributed by atoms with Crippen LogP contribution in [0.15, 0.2) is 53.4 Å². The minimum absolute atomic E-state index is 0.00787. The molecule has 0 spiro atoms. The number of nitrogens with zero attached hydrogens (tertiary/aromatic N) is 2. The molecule has 1 saturated heterocycles. The van der Waals surface area contributed by atoms with Gasteiger partial charge in [0.15, 0.2) is 0 Å². The number of carbonyl (C=O) groups excluding carboxylic acids is 1. The predicted molar refractivity (Wildman–Crippen MR) is 113 cm³/mol. The highest BCUT2D eigenvalue weighted by atomic mass is 32.2. The zero-order valence-electron chi connectivity index (χ0n) is 17.2. The molecule has 0 unspecified atom stereocenters. The highest BCUT2D eigenvalue weighted by Gasteiger charge is 2.30. The normalized spacial score (nSPS) is 15.5. The molecular weight excluding hydrogens is 388 g/mol. The Morgan fingerprint density at radius 3 is 2.07 bits per heavy atom. The molecule has 0 aliphatic carbocycles. The van der Waals surface area contributed by atoms with Crippen LogP contribution in [-0.4, -0.2) is 56.8 Å². The van der Waals surface area contributed by atoms with Crippen molar-refractivity contribution in [3.8, 4) is 5.75 Å². The molecule has 1 heterocycles. The zero-order valence-corrected chi connectivity index (χ0v) is 18.0. The van der Waals surface area contributed by atoms with Crippen molar-refractivity contribution in [2.75, 3.05) is 33.3 Å². The Labute approximate surface area is 173 Å². The standard InChI is InChI=1S/C22H28N2O4S/c1-17(2)19-6-10-21(11-7-19)29(26,27)24-14-12-23(13-15-24)22(25)16-18-4-8-20(28-3)9-5-18/h4-11,17H,12-16H2,1-3H3. The quantitative estimate of drug-likeness (QED) is 0.726. The third-order valence-corrected chi connectivity index (χ3v) is 7.20. The van der Waals surface area contributed by atoms with Gasteiger partial charge in [-0.25, -0.2) is 8.42 Å². The van der Waals surface area contributed by atoms with Crippen molar-refractivity contribution in [3.63, 3.8) is 0 Å². The van der Waals surface area contributed by atoms with E-state index in [4.69, 9.17) is 4.74 Å². The van der Waals surface area contributed by atoms with E-state index in [-0.39, 0.29) is 5.91 Å². The molecule has 0 atom stereocenters. The van der Waals surface area contributed by atoms with E-state index in [1.165, 1.54) is 4.31 Å². The summed E-state index contributed by atoms with van der Waals surface area (Å²) in [5.41, 5.74) is 2.02. The van der Waals surface area contributed by atoms with E-state index in [1.54, 1.807) is 24.1 Å². The van der Waals surface area contributed by atoms with E-state index < -0.39 is 10.0 Å². The number of benzene rings is 2. The fourth-order valence-electron chi connectivity index (χ4n) is 3.38. The van der Waals surface area contributed by atoms with E-state index in [2.05, 4.69) is 13.8 Å². The number of methoxy groups -OCH3 is 1. The second-order valence-electron chi connectivity index (χ2n) is 7.53. The summed E-state index contributed by atoms with van der Waals surface area (Å²) < 4.78 is 32.4. The summed E-state index contributed by atoms with van der Waals surface area (Å²) in [6.45, 7) is 5.57. The Morgan fingerprint density at radius 1 is 0.966 bits per heavy atom. The lowest BCUT2D eigenvalue weighted by Crippen LogP contribution is -2.50. The monoisotopic (exact) mass is 416 g/mol. The Balaban J connectivity index is 1.59. The van der Waals surface area contributed by atoms with E-state index in [1.807, 2.05) is 36.4 Å². The van der Waals surface area contributed by atoms with Crippen molar-refractivity contribution in [2.45, 2.75) is 31.1 Å². The maximum Gasteiger partial charge on any atom is 0.243 e. The van der Waals surface area contributed by atoms with Crippen molar-refractivity contribution in [1.82, 2.24) is 9.21 Å². The predicted octanol–water partition coefficient (Wildman–Crippen LogP) is 2.89. The van der Waals surface area contributed by atoms with Crippen LogP contribution in [-0.2, 0) is 21.2 Å². The molecule has 0 bridgehead atoms. The van der Waals surface area contributed by atoms with E-state index in [0.29, 0.717) is 43.4 Å². The first-order chi connectivity index (χ1) is 13.8. The van der Waals surface area contributed by atoms with Crippen molar-refractivity contribution in [2.24, 2.45) is 0 Å². The van der Waals surface area contributed by atoms with Gasteiger partial charge < -0.3 is 9.64 Å². The lowest BCUT2D eigenvalue weighted by Gasteiger charge is -2.34. The Morgan fingerprint density at radius 2 is 1.55 bits per heavy atom. The number of carbonyl (C=O) groups is 1. The molecule has 1 aliphatic heterocycles. The maximum atomic E-state index is 12.9. The number of hydrogen-bond donors (Lipinski definition) is 0. The molecular formula is C22H28N2O4S. The molecule has 0 aromatic heterocycles. The highest BCUT2D eigenvalue weighted by Crippen LogP contribution is 2.21. The third kappa shape index (κ3) is 4.97. The molecule has 2 aromatic carbocycles. The molecule has 1 aliphatic rings. The molecule has 7 heteroatoms. The number of hydrogen-bond acceptors (Lipinski definition) is 4. The SMILES string of the molecule is COc1ccc(CC(=O)N2CCN(S(=O)(=O)c3ccc(C(C)C)cc3)CC2)cc1. The summed E-state index contributed by atoms with van der Waals surface area (Å²) >= 11 is 0. The first-order valence-corrected chi connectivity index (χ1v) is 11.3. The summed E-state index contributed by atoms with van der Waals surface area (Å²) in [4.78, 5) is 14.6. The Kier molecular flexibility index (Phi) is 6.59. The van der Waals surface area contributed by atoms with Gasteiger partial charge in [-0.3, -0.25) is 4.79 Å². The lowest BCUT2D eigenvalue weighted by atomic mass is 10.0. The van der Waals surface area contributed by atoms with Crippen molar-refractivity contribution >= 4 is 15.9 Å². The molecule has 0 saturated carbocycles. The van der Waals surface area contributed by atoms with Crippen LogP contribution in [0.1, 0.15) is 30.9 Å².